The minimum absolute atomic E-state index is 0.183. The summed E-state index contributed by atoms with van der Waals surface area (Å²) in [4.78, 5) is 20.2. The number of fused-ring (bicyclic) bond motifs is 2. The molecule has 1 amide bonds. The SMILES string of the molecule is Cn1cc(-c2cc(C(N)=O)nc3[nH]ncc23)c2cc(OCc3cccnc3)ccc21. The average molecular weight is 398 g/mol. The molecule has 0 fully saturated rings. The highest BCUT2D eigenvalue weighted by atomic mass is 16.5. The van der Waals surface area contributed by atoms with E-state index in [0.717, 1.165) is 38.7 Å². The van der Waals surface area contributed by atoms with Crippen LogP contribution in [0.1, 0.15) is 16.1 Å². The Bertz CT molecular complexity index is 1390. The first-order chi connectivity index (χ1) is 14.6. The van der Waals surface area contributed by atoms with Gasteiger partial charge in [-0.25, -0.2) is 4.98 Å². The Morgan fingerprint density at radius 1 is 1.17 bits per heavy atom. The van der Waals surface area contributed by atoms with Gasteiger partial charge in [0.15, 0.2) is 5.65 Å². The van der Waals surface area contributed by atoms with Gasteiger partial charge in [-0.15, -0.1) is 0 Å². The summed E-state index contributed by atoms with van der Waals surface area (Å²) >= 11 is 0. The van der Waals surface area contributed by atoms with Gasteiger partial charge in [-0.05, 0) is 35.9 Å². The summed E-state index contributed by atoms with van der Waals surface area (Å²) in [6.07, 6.45) is 7.23. The lowest BCUT2D eigenvalue weighted by atomic mass is 10.0. The number of aromatic nitrogens is 5. The number of aromatic amines is 1. The molecule has 3 N–H and O–H groups in total. The highest BCUT2D eigenvalue weighted by Gasteiger charge is 2.17. The number of H-pyrrole nitrogens is 1. The van der Waals surface area contributed by atoms with Gasteiger partial charge < -0.3 is 15.0 Å². The van der Waals surface area contributed by atoms with Crippen LogP contribution in [0.5, 0.6) is 5.75 Å². The van der Waals surface area contributed by atoms with Gasteiger partial charge in [-0.2, -0.15) is 5.10 Å². The molecule has 4 aromatic heterocycles. The number of hydrogen-bond acceptors (Lipinski definition) is 5. The first-order valence-corrected chi connectivity index (χ1v) is 9.35. The van der Waals surface area contributed by atoms with Crippen molar-refractivity contribution in [3.05, 3.63) is 72.4 Å². The summed E-state index contributed by atoms with van der Waals surface area (Å²) in [5, 5.41) is 8.71. The molecule has 4 heterocycles. The number of nitrogens with zero attached hydrogens (tertiary/aromatic N) is 4. The molecule has 8 nitrogen and oxygen atoms in total. The van der Waals surface area contributed by atoms with E-state index < -0.39 is 5.91 Å². The lowest BCUT2D eigenvalue weighted by Crippen LogP contribution is -2.13. The molecule has 0 aliphatic heterocycles. The van der Waals surface area contributed by atoms with Crippen molar-refractivity contribution in [2.45, 2.75) is 6.61 Å². The van der Waals surface area contributed by atoms with Gasteiger partial charge in [0.2, 0.25) is 0 Å². The fourth-order valence-corrected chi connectivity index (χ4v) is 3.60. The van der Waals surface area contributed by atoms with E-state index in [-0.39, 0.29) is 5.69 Å². The Morgan fingerprint density at radius 3 is 2.87 bits per heavy atom. The Kier molecular flexibility index (Phi) is 4.17. The van der Waals surface area contributed by atoms with E-state index in [1.807, 2.05) is 48.1 Å². The number of nitrogens with two attached hydrogens (primary N) is 1. The minimum Gasteiger partial charge on any atom is -0.489 e. The summed E-state index contributed by atoms with van der Waals surface area (Å²) in [7, 11) is 1.98. The quantitative estimate of drug-likeness (QED) is 0.472. The molecule has 0 atom stereocenters. The Balaban J connectivity index is 1.62. The third kappa shape index (κ3) is 3.04. The van der Waals surface area contributed by atoms with E-state index in [0.29, 0.717) is 12.3 Å². The Morgan fingerprint density at radius 2 is 2.07 bits per heavy atom. The predicted molar refractivity (Wildman–Crippen MR) is 113 cm³/mol. The summed E-state index contributed by atoms with van der Waals surface area (Å²) in [6.45, 7) is 0.425. The third-order valence-electron chi connectivity index (χ3n) is 5.05. The van der Waals surface area contributed by atoms with Gasteiger partial charge in [0.05, 0.1) is 6.20 Å². The van der Waals surface area contributed by atoms with Gasteiger partial charge >= 0.3 is 0 Å². The number of benzene rings is 1. The lowest BCUT2D eigenvalue weighted by molar-refractivity contribution is 0.0996. The number of hydrogen-bond donors (Lipinski definition) is 2. The molecule has 0 saturated heterocycles. The molecule has 1 aromatic carbocycles. The second-order valence-electron chi connectivity index (χ2n) is 7.03. The van der Waals surface area contributed by atoms with Crippen molar-refractivity contribution < 1.29 is 9.53 Å². The highest BCUT2D eigenvalue weighted by Crippen LogP contribution is 2.36. The molecule has 0 saturated carbocycles. The lowest BCUT2D eigenvalue weighted by Gasteiger charge is -2.08. The van der Waals surface area contributed by atoms with Crippen molar-refractivity contribution in [1.29, 1.82) is 0 Å². The number of amides is 1. The second kappa shape index (κ2) is 7.00. The predicted octanol–water partition coefficient (Wildman–Crippen LogP) is 3.19. The molecule has 8 heteroatoms. The molecule has 0 spiro atoms. The monoisotopic (exact) mass is 398 g/mol. The average Bonchev–Trinajstić information content (AvgIpc) is 3.36. The molecule has 0 radical (unpaired) electrons. The normalized spacial score (nSPS) is 11.2. The van der Waals surface area contributed by atoms with E-state index in [9.17, 15) is 4.79 Å². The number of carbonyl (C=O) groups excluding carboxylic acids is 1. The molecular weight excluding hydrogens is 380 g/mol. The van der Waals surface area contributed by atoms with Crippen LogP contribution in [0.4, 0.5) is 0 Å². The van der Waals surface area contributed by atoms with Crippen LogP contribution in [0.2, 0.25) is 0 Å². The maximum Gasteiger partial charge on any atom is 0.267 e. The van der Waals surface area contributed by atoms with Gasteiger partial charge in [-0.3, -0.25) is 14.9 Å². The van der Waals surface area contributed by atoms with Crippen LogP contribution in [0.25, 0.3) is 33.1 Å². The van der Waals surface area contributed by atoms with Gasteiger partial charge in [0, 0.05) is 53.1 Å². The zero-order valence-electron chi connectivity index (χ0n) is 16.2. The zero-order chi connectivity index (χ0) is 20.7. The number of aryl methyl sites for hydroxylation is 1. The summed E-state index contributed by atoms with van der Waals surface area (Å²) in [5.41, 5.74) is 9.99. The van der Waals surface area contributed by atoms with Crippen molar-refractivity contribution in [3.63, 3.8) is 0 Å². The zero-order valence-corrected chi connectivity index (χ0v) is 16.2. The van der Waals surface area contributed by atoms with Crippen LogP contribution in [0.3, 0.4) is 0 Å². The van der Waals surface area contributed by atoms with Crippen LogP contribution in [0.15, 0.2) is 61.2 Å². The van der Waals surface area contributed by atoms with Gasteiger partial charge in [-0.1, -0.05) is 6.07 Å². The summed E-state index contributed by atoms with van der Waals surface area (Å²) in [6, 6.07) is 11.5. The van der Waals surface area contributed by atoms with E-state index in [1.54, 1.807) is 24.7 Å². The molecule has 148 valence electrons. The van der Waals surface area contributed by atoms with Crippen molar-refractivity contribution in [2.75, 3.05) is 0 Å². The first-order valence-electron chi connectivity index (χ1n) is 9.35. The van der Waals surface area contributed by atoms with Crippen molar-refractivity contribution in [3.8, 4) is 16.9 Å². The standard InChI is InChI=1S/C22H18N6O2/c1-28-11-18(15-8-19(21(23)29)26-22-17(15)10-25-27-22)16-7-14(4-5-20(16)28)30-12-13-3-2-6-24-9-13/h2-11H,12H2,1H3,(H2,23,29)(H,25,26,27). The first kappa shape index (κ1) is 17.9. The van der Waals surface area contributed by atoms with E-state index in [4.69, 9.17) is 10.5 Å². The van der Waals surface area contributed by atoms with Gasteiger partial charge in [0.25, 0.3) is 5.91 Å². The van der Waals surface area contributed by atoms with Gasteiger partial charge in [0.1, 0.15) is 18.1 Å². The maximum absolute atomic E-state index is 11.8. The molecule has 0 unspecified atom stereocenters. The van der Waals surface area contributed by atoms with Crippen LogP contribution in [-0.2, 0) is 13.7 Å². The third-order valence-corrected chi connectivity index (χ3v) is 5.05. The number of rotatable bonds is 5. The highest BCUT2D eigenvalue weighted by molar-refractivity contribution is 6.06. The van der Waals surface area contributed by atoms with Crippen LogP contribution in [-0.4, -0.2) is 30.6 Å². The van der Waals surface area contributed by atoms with E-state index >= 15 is 0 Å². The van der Waals surface area contributed by atoms with Crippen molar-refractivity contribution >= 4 is 27.8 Å². The van der Waals surface area contributed by atoms with Crippen LogP contribution >= 0.6 is 0 Å². The summed E-state index contributed by atoms with van der Waals surface area (Å²) < 4.78 is 8.01. The minimum atomic E-state index is -0.589. The van der Waals surface area contributed by atoms with Crippen LogP contribution in [0, 0.1) is 0 Å². The molecule has 5 aromatic rings. The van der Waals surface area contributed by atoms with E-state index in [2.05, 4.69) is 20.2 Å². The van der Waals surface area contributed by atoms with Crippen molar-refractivity contribution in [2.24, 2.45) is 12.8 Å². The molecule has 0 aliphatic rings. The van der Waals surface area contributed by atoms with E-state index in [1.165, 1.54) is 0 Å². The smallest absolute Gasteiger partial charge is 0.267 e. The number of ether oxygens (including phenoxy) is 1. The fraction of sp³-hybridized carbons (Fsp3) is 0.0909. The number of primary amides is 1. The summed E-state index contributed by atoms with van der Waals surface area (Å²) in [5.74, 6) is 0.153. The largest absolute Gasteiger partial charge is 0.489 e. The Hall–Kier alpha value is -4.20. The Labute approximate surface area is 171 Å². The number of pyridine rings is 2. The van der Waals surface area contributed by atoms with Crippen LogP contribution < -0.4 is 10.5 Å². The van der Waals surface area contributed by atoms with Crippen molar-refractivity contribution in [1.82, 2.24) is 24.7 Å². The number of nitrogens with one attached hydrogen (secondary N) is 1. The molecular formula is C22H18N6O2. The molecule has 30 heavy (non-hydrogen) atoms. The fourth-order valence-electron chi connectivity index (χ4n) is 3.60. The topological polar surface area (TPSA) is 112 Å². The number of carbonyl (C=O) groups is 1. The molecule has 0 aliphatic carbocycles. The molecule has 0 bridgehead atoms. The molecule has 5 rings (SSSR count). The maximum atomic E-state index is 11.8. The second-order valence-corrected chi connectivity index (χ2v) is 7.03.